The molecule has 1 aromatic rings. The fourth-order valence-electron chi connectivity index (χ4n) is 3.17. The molecule has 1 fully saturated rings. The largest absolute Gasteiger partial charge is 0.452 e. The first-order chi connectivity index (χ1) is 12.0. The number of esters is 1. The van der Waals surface area contributed by atoms with Gasteiger partial charge in [0.15, 0.2) is 6.61 Å². The Labute approximate surface area is 157 Å². The number of ether oxygens (including phenoxy) is 1. The molecular formula is C22H33NO3. The van der Waals surface area contributed by atoms with E-state index in [4.69, 9.17) is 4.74 Å². The highest BCUT2D eigenvalue weighted by atomic mass is 16.5. The monoisotopic (exact) mass is 359 g/mol. The van der Waals surface area contributed by atoms with Crippen LogP contribution in [0.4, 0.5) is 0 Å². The predicted molar refractivity (Wildman–Crippen MR) is 105 cm³/mol. The molecule has 0 unspecified atom stereocenters. The highest BCUT2D eigenvalue weighted by Crippen LogP contribution is 2.30. The van der Waals surface area contributed by atoms with Gasteiger partial charge in [-0.05, 0) is 46.9 Å². The summed E-state index contributed by atoms with van der Waals surface area (Å²) in [7, 11) is 0. The van der Waals surface area contributed by atoms with E-state index in [-0.39, 0.29) is 29.4 Å². The quantitative estimate of drug-likeness (QED) is 0.806. The Morgan fingerprint density at radius 1 is 0.962 bits per heavy atom. The molecule has 4 nitrogen and oxygen atoms in total. The molecule has 1 amide bonds. The second-order valence-electron chi connectivity index (χ2n) is 9.42. The van der Waals surface area contributed by atoms with E-state index < -0.39 is 5.97 Å². The van der Waals surface area contributed by atoms with Crippen molar-refractivity contribution in [3.8, 4) is 0 Å². The number of benzene rings is 1. The standard InChI is InChI=1S/C22H33NO3/c1-21(2,3)16-11-15(12-17(13-16)22(4,5)6)20(25)26-14-19(24)23-18-9-7-8-10-18/h11-13,18H,7-10,14H2,1-6H3,(H,23,24). The van der Waals surface area contributed by atoms with Crippen molar-refractivity contribution in [2.45, 2.75) is 84.1 Å². The van der Waals surface area contributed by atoms with Crippen molar-refractivity contribution in [1.82, 2.24) is 5.32 Å². The van der Waals surface area contributed by atoms with E-state index in [9.17, 15) is 9.59 Å². The minimum Gasteiger partial charge on any atom is -0.452 e. The summed E-state index contributed by atoms with van der Waals surface area (Å²) in [6, 6.07) is 6.15. The molecule has 26 heavy (non-hydrogen) atoms. The van der Waals surface area contributed by atoms with Crippen LogP contribution in [0.25, 0.3) is 0 Å². The van der Waals surface area contributed by atoms with Crippen molar-refractivity contribution in [3.63, 3.8) is 0 Å². The minimum atomic E-state index is -0.442. The van der Waals surface area contributed by atoms with Gasteiger partial charge in [-0.3, -0.25) is 4.79 Å². The molecule has 0 saturated heterocycles. The fraction of sp³-hybridized carbons (Fsp3) is 0.636. The van der Waals surface area contributed by atoms with E-state index in [1.54, 1.807) is 0 Å². The molecule has 144 valence electrons. The van der Waals surface area contributed by atoms with Crippen molar-refractivity contribution >= 4 is 11.9 Å². The Morgan fingerprint density at radius 3 is 1.92 bits per heavy atom. The second kappa shape index (κ2) is 7.81. The van der Waals surface area contributed by atoms with Crippen LogP contribution in [0.1, 0.15) is 88.7 Å². The molecule has 0 spiro atoms. The fourth-order valence-corrected chi connectivity index (χ4v) is 3.17. The average molecular weight is 360 g/mol. The average Bonchev–Trinajstić information content (AvgIpc) is 3.03. The lowest BCUT2D eigenvalue weighted by molar-refractivity contribution is -0.124. The summed E-state index contributed by atoms with van der Waals surface area (Å²) in [5.74, 6) is -0.656. The summed E-state index contributed by atoms with van der Waals surface area (Å²) in [5.41, 5.74) is 2.54. The van der Waals surface area contributed by atoms with Crippen LogP contribution in [0, 0.1) is 0 Å². The van der Waals surface area contributed by atoms with Crippen molar-refractivity contribution in [3.05, 3.63) is 34.9 Å². The first-order valence-electron chi connectivity index (χ1n) is 9.59. The van der Waals surface area contributed by atoms with Crippen LogP contribution in [0.5, 0.6) is 0 Å². The summed E-state index contributed by atoms with van der Waals surface area (Å²) in [5, 5.41) is 2.94. The molecule has 1 aliphatic carbocycles. The zero-order valence-corrected chi connectivity index (χ0v) is 17.1. The normalized spacial score (nSPS) is 15.8. The number of carbonyl (C=O) groups is 2. The summed E-state index contributed by atoms with van der Waals surface area (Å²) in [6.07, 6.45) is 4.34. The maximum atomic E-state index is 12.5. The molecule has 0 radical (unpaired) electrons. The van der Waals surface area contributed by atoms with Gasteiger partial charge in [0.2, 0.25) is 0 Å². The minimum absolute atomic E-state index is 0.0733. The number of nitrogens with one attached hydrogen (secondary N) is 1. The van der Waals surface area contributed by atoms with Crippen molar-refractivity contribution in [1.29, 1.82) is 0 Å². The zero-order chi connectivity index (χ0) is 19.5. The summed E-state index contributed by atoms with van der Waals surface area (Å²) in [6.45, 7) is 12.5. The Balaban J connectivity index is 2.10. The van der Waals surface area contributed by atoms with Gasteiger partial charge in [0, 0.05) is 6.04 Å². The topological polar surface area (TPSA) is 55.4 Å². The number of carbonyl (C=O) groups excluding carboxylic acids is 2. The zero-order valence-electron chi connectivity index (χ0n) is 17.1. The van der Waals surface area contributed by atoms with E-state index >= 15 is 0 Å². The maximum Gasteiger partial charge on any atom is 0.338 e. The summed E-state index contributed by atoms with van der Waals surface area (Å²) >= 11 is 0. The molecule has 0 bridgehead atoms. The summed E-state index contributed by atoms with van der Waals surface area (Å²) in [4.78, 5) is 24.5. The van der Waals surface area contributed by atoms with Gasteiger partial charge in [0.05, 0.1) is 5.56 Å². The van der Waals surface area contributed by atoms with E-state index in [0.29, 0.717) is 5.56 Å². The van der Waals surface area contributed by atoms with E-state index in [2.05, 4.69) is 52.9 Å². The smallest absolute Gasteiger partial charge is 0.338 e. The Morgan fingerprint density at radius 2 is 1.46 bits per heavy atom. The molecule has 0 atom stereocenters. The number of hydrogen-bond donors (Lipinski definition) is 1. The number of rotatable bonds is 4. The van der Waals surface area contributed by atoms with Crippen LogP contribution in [0.3, 0.4) is 0 Å². The lowest BCUT2D eigenvalue weighted by Gasteiger charge is -2.25. The first-order valence-corrected chi connectivity index (χ1v) is 9.59. The van der Waals surface area contributed by atoms with Gasteiger partial charge < -0.3 is 10.1 Å². The predicted octanol–water partition coefficient (Wildman–Crippen LogP) is 4.50. The van der Waals surface area contributed by atoms with Gasteiger partial charge in [-0.15, -0.1) is 0 Å². The van der Waals surface area contributed by atoms with E-state index in [0.717, 1.165) is 36.8 Å². The van der Waals surface area contributed by atoms with Crippen molar-refractivity contribution in [2.75, 3.05) is 6.61 Å². The van der Waals surface area contributed by atoms with Crippen molar-refractivity contribution < 1.29 is 14.3 Å². The Bertz CT molecular complexity index is 627. The molecule has 1 saturated carbocycles. The molecule has 2 rings (SSSR count). The Kier molecular flexibility index (Phi) is 6.15. The molecule has 1 aromatic carbocycles. The molecule has 0 heterocycles. The van der Waals surface area contributed by atoms with Crippen LogP contribution in [-0.2, 0) is 20.4 Å². The van der Waals surface area contributed by atoms with Gasteiger partial charge in [0.1, 0.15) is 0 Å². The third-order valence-electron chi connectivity index (χ3n) is 4.96. The van der Waals surface area contributed by atoms with Gasteiger partial charge in [-0.1, -0.05) is 60.5 Å². The lowest BCUT2D eigenvalue weighted by atomic mass is 9.79. The van der Waals surface area contributed by atoms with Gasteiger partial charge >= 0.3 is 5.97 Å². The van der Waals surface area contributed by atoms with Gasteiger partial charge in [0.25, 0.3) is 5.91 Å². The molecule has 4 heteroatoms. The number of amides is 1. The van der Waals surface area contributed by atoms with Gasteiger partial charge in [-0.2, -0.15) is 0 Å². The molecule has 1 aliphatic rings. The molecule has 0 aromatic heterocycles. The van der Waals surface area contributed by atoms with Crippen LogP contribution in [-0.4, -0.2) is 24.5 Å². The van der Waals surface area contributed by atoms with E-state index in [1.165, 1.54) is 0 Å². The third kappa shape index (κ3) is 5.58. The number of hydrogen-bond acceptors (Lipinski definition) is 3. The van der Waals surface area contributed by atoms with Crippen LogP contribution >= 0.6 is 0 Å². The lowest BCUT2D eigenvalue weighted by Crippen LogP contribution is -2.36. The first kappa shape index (κ1) is 20.5. The Hall–Kier alpha value is -1.84. The van der Waals surface area contributed by atoms with E-state index in [1.807, 2.05) is 12.1 Å². The van der Waals surface area contributed by atoms with Crippen LogP contribution in [0.15, 0.2) is 18.2 Å². The molecular weight excluding hydrogens is 326 g/mol. The SMILES string of the molecule is CC(C)(C)c1cc(C(=O)OCC(=O)NC2CCCC2)cc(C(C)(C)C)c1. The maximum absolute atomic E-state index is 12.5. The van der Waals surface area contributed by atoms with Gasteiger partial charge in [-0.25, -0.2) is 4.79 Å². The van der Waals surface area contributed by atoms with Crippen LogP contribution < -0.4 is 5.32 Å². The molecule has 1 N–H and O–H groups in total. The summed E-state index contributed by atoms with van der Waals surface area (Å²) < 4.78 is 5.28. The third-order valence-corrected chi connectivity index (χ3v) is 4.96. The van der Waals surface area contributed by atoms with Crippen LogP contribution in [0.2, 0.25) is 0 Å². The molecule has 0 aliphatic heterocycles. The van der Waals surface area contributed by atoms with Crippen molar-refractivity contribution in [2.24, 2.45) is 0 Å². The second-order valence-corrected chi connectivity index (χ2v) is 9.42. The highest BCUT2D eigenvalue weighted by Gasteiger charge is 2.23. The highest BCUT2D eigenvalue weighted by molar-refractivity contribution is 5.92.